The highest BCUT2D eigenvalue weighted by Crippen LogP contribution is 2.37. The van der Waals surface area contributed by atoms with Crippen LogP contribution in [0.15, 0.2) is 61.2 Å². The molecular formula is C14H14S3. The third-order valence-corrected chi connectivity index (χ3v) is 5.24. The fourth-order valence-electron chi connectivity index (χ4n) is 1.07. The summed E-state index contributed by atoms with van der Waals surface area (Å²) < 4.78 is 0.868. The first-order chi connectivity index (χ1) is 8.15. The van der Waals surface area contributed by atoms with Gasteiger partial charge in [-0.3, -0.25) is 0 Å². The van der Waals surface area contributed by atoms with E-state index < -0.39 is 0 Å². The van der Waals surface area contributed by atoms with Crippen molar-refractivity contribution in [3.63, 3.8) is 0 Å². The minimum atomic E-state index is 0.868. The Labute approximate surface area is 116 Å². The van der Waals surface area contributed by atoms with E-state index in [0.717, 1.165) is 20.2 Å². The van der Waals surface area contributed by atoms with Gasteiger partial charge in [-0.15, -0.1) is 0 Å². The molecular weight excluding hydrogens is 264 g/mol. The van der Waals surface area contributed by atoms with E-state index in [9.17, 15) is 0 Å². The van der Waals surface area contributed by atoms with E-state index in [1.807, 2.05) is 43.3 Å². The van der Waals surface area contributed by atoms with Gasteiger partial charge in [-0.1, -0.05) is 78.7 Å². The van der Waals surface area contributed by atoms with Crippen molar-refractivity contribution in [3.05, 3.63) is 66.8 Å². The maximum absolute atomic E-state index is 5.30. The first-order valence-corrected chi connectivity index (χ1v) is 7.63. The van der Waals surface area contributed by atoms with Crippen molar-refractivity contribution in [2.75, 3.05) is 0 Å². The van der Waals surface area contributed by atoms with Gasteiger partial charge < -0.3 is 0 Å². The molecule has 0 saturated heterocycles. The normalized spacial score (nSPS) is 11.0. The van der Waals surface area contributed by atoms with E-state index in [2.05, 4.69) is 13.2 Å². The zero-order valence-electron chi connectivity index (χ0n) is 9.68. The molecule has 0 saturated carbocycles. The second-order valence-corrected chi connectivity index (χ2v) is 6.23. The average molecular weight is 278 g/mol. The maximum Gasteiger partial charge on any atom is 0.0845 e. The summed E-state index contributed by atoms with van der Waals surface area (Å²) in [7, 11) is 3.16. The van der Waals surface area contributed by atoms with Gasteiger partial charge in [0.2, 0.25) is 0 Å². The molecule has 0 heterocycles. The molecule has 0 aromatic heterocycles. The van der Waals surface area contributed by atoms with Crippen LogP contribution in [0.1, 0.15) is 12.5 Å². The van der Waals surface area contributed by atoms with E-state index in [0.29, 0.717) is 0 Å². The summed E-state index contributed by atoms with van der Waals surface area (Å²) in [6, 6.07) is 10.1. The van der Waals surface area contributed by atoms with Gasteiger partial charge in [0.15, 0.2) is 0 Å². The SMILES string of the molecule is C=CC=C(C)C(=S)SSC(=C)c1ccccc1. The predicted octanol–water partition coefficient (Wildman–Crippen LogP) is 5.50. The highest BCUT2D eigenvalue weighted by molar-refractivity contribution is 8.86. The van der Waals surface area contributed by atoms with Gasteiger partial charge in [0.05, 0.1) is 4.20 Å². The molecule has 1 rings (SSSR count). The summed E-state index contributed by atoms with van der Waals surface area (Å²) in [5.41, 5.74) is 2.20. The largest absolute Gasteiger partial charge is 0.0991 e. The topological polar surface area (TPSA) is 0 Å². The molecule has 88 valence electrons. The first-order valence-electron chi connectivity index (χ1n) is 5.07. The van der Waals surface area contributed by atoms with Gasteiger partial charge in [-0.05, 0) is 28.9 Å². The molecule has 0 fully saturated rings. The fourth-order valence-corrected chi connectivity index (χ4v) is 3.26. The molecule has 0 atom stereocenters. The van der Waals surface area contributed by atoms with Crippen LogP contribution < -0.4 is 0 Å². The van der Waals surface area contributed by atoms with Crippen LogP contribution in [0.2, 0.25) is 0 Å². The van der Waals surface area contributed by atoms with E-state index in [4.69, 9.17) is 12.2 Å². The van der Waals surface area contributed by atoms with E-state index >= 15 is 0 Å². The van der Waals surface area contributed by atoms with Gasteiger partial charge in [-0.25, -0.2) is 0 Å². The molecule has 0 unspecified atom stereocenters. The average Bonchev–Trinajstić information content (AvgIpc) is 2.36. The molecule has 0 radical (unpaired) electrons. The van der Waals surface area contributed by atoms with Crippen molar-refractivity contribution in [1.82, 2.24) is 0 Å². The molecule has 1 aromatic carbocycles. The summed E-state index contributed by atoms with van der Waals surface area (Å²) in [6.07, 6.45) is 3.67. The molecule has 0 aliphatic carbocycles. The lowest BCUT2D eigenvalue weighted by Gasteiger charge is -2.05. The highest BCUT2D eigenvalue weighted by atomic mass is 33.1. The number of thiocarbonyl (C=S) groups is 1. The van der Waals surface area contributed by atoms with E-state index in [-0.39, 0.29) is 0 Å². The Hall–Kier alpha value is -0.770. The molecule has 0 nitrogen and oxygen atoms in total. The number of benzene rings is 1. The Morgan fingerprint density at radius 2 is 1.88 bits per heavy atom. The van der Waals surface area contributed by atoms with Crippen molar-refractivity contribution in [2.24, 2.45) is 0 Å². The summed E-state index contributed by atoms with van der Waals surface area (Å²) in [5, 5.41) is 0. The molecule has 0 N–H and O–H groups in total. The van der Waals surface area contributed by atoms with Crippen LogP contribution in [0.5, 0.6) is 0 Å². The predicted molar refractivity (Wildman–Crippen MR) is 87.2 cm³/mol. The van der Waals surface area contributed by atoms with Crippen LogP contribution >= 0.6 is 33.8 Å². The van der Waals surface area contributed by atoms with Crippen LogP contribution in [-0.2, 0) is 0 Å². The molecule has 0 bridgehead atoms. The van der Waals surface area contributed by atoms with E-state index in [1.54, 1.807) is 27.7 Å². The quantitative estimate of drug-likeness (QED) is 0.302. The molecule has 0 aliphatic heterocycles. The molecule has 0 aliphatic rings. The van der Waals surface area contributed by atoms with Crippen molar-refractivity contribution in [2.45, 2.75) is 6.92 Å². The third-order valence-electron chi connectivity index (χ3n) is 2.00. The maximum atomic E-state index is 5.30. The minimum absolute atomic E-state index is 0.868. The Bertz CT molecular complexity index is 444. The van der Waals surface area contributed by atoms with Crippen molar-refractivity contribution < 1.29 is 0 Å². The van der Waals surface area contributed by atoms with Crippen LogP contribution in [0.4, 0.5) is 0 Å². The number of hydrogen-bond donors (Lipinski definition) is 0. The zero-order chi connectivity index (χ0) is 12.7. The molecule has 3 heteroatoms. The molecule has 17 heavy (non-hydrogen) atoms. The number of rotatable bonds is 5. The Morgan fingerprint density at radius 3 is 2.47 bits per heavy atom. The zero-order valence-corrected chi connectivity index (χ0v) is 12.1. The lowest BCUT2D eigenvalue weighted by molar-refractivity contribution is 1.64. The molecule has 0 amide bonds. The van der Waals surface area contributed by atoms with Gasteiger partial charge in [-0.2, -0.15) is 0 Å². The monoisotopic (exact) mass is 278 g/mol. The van der Waals surface area contributed by atoms with Gasteiger partial charge in [0.1, 0.15) is 0 Å². The summed E-state index contributed by atoms with van der Waals surface area (Å²) in [6.45, 7) is 9.69. The van der Waals surface area contributed by atoms with Crippen molar-refractivity contribution >= 4 is 42.9 Å². The smallest absolute Gasteiger partial charge is 0.0845 e. The molecule has 0 spiro atoms. The Morgan fingerprint density at radius 1 is 1.24 bits per heavy atom. The summed E-state index contributed by atoms with van der Waals surface area (Å²) in [4.78, 5) is 1.02. The second kappa shape index (κ2) is 7.54. The number of allylic oxidation sites excluding steroid dienone is 2. The highest BCUT2D eigenvalue weighted by Gasteiger charge is 2.04. The lowest BCUT2D eigenvalue weighted by atomic mass is 10.2. The van der Waals surface area contributed by atoms with E-state index in [1.165, 1.54) is 0 Å². The van der Waals surface area contributed by atoms with Gasteiger partial charge in [0, 0.05) is 4.91 Å². The first kappa shape index (κ1) is 14.3. The Balaban J connectivity index is 2.52. The third kappa shape index (κ3) is 4.94. The van der Waals surface area contributed by atoms with Crippen LogP contribution in [0.25, 0.3) is 4.91 Å². The molecule has 1 aromatic rings. The second-order valence-electron chi connectivity index (χ2n) is 3.33. The van der Waals surface area contributed by atoms with Crippen molar-refractivity contribution in [3.8, 4) is 0 Å². The van der Waals surface area contributed by atoms with Crippen LogP contribution in [-0.4, -0.2) is 4.20 Å². The minimum Gasteiger partial charge on any atom is -0.0991 e. The lowest BCUT2D eigenvalue weighted by Crippen LogP contribution is -1.86. The fraction of sp³-hybridized carbons (Fsp3) is 0.0714. The van der Waals surface area contributed by atoms with Gasteiger partial charge in [0.25, 0.3) is 0 Å². The standard InChI is InChI=1S/C14H14S3/c1-4-8-11(2)14(15)17-16-12(3)13-9-6-5-7-10-13/h4-10H,1,3H2,2H3. The van der Waals surface area contributed by atoms with Crippen LogP contribution in [0, 0.1) is 0 Å². The Kier molecular flexibility index (Phi) is 6.34. The summed E-state index contributed by atoms with van der Waals surface area (Å²) >= 11 is 5.30. The van der Waals surface area contributed by atoms with Gasteiger partial charge >= 0.3 is 0 Å². The summed E-state index contributed by atoms with van der Waals surface area (Å²) in [5.74, 6) is 0. The van der Waals surface area contributed by atoms with Crippen molar-refractivity contribution in [1.29, 1.82) is 0 Å². The number of hydrogen-bond acceptors (Lipinski definition) is 3. The van der Waals surface area contributed by atoms with Crippen LogP contribution in [0.3, 0.4) is 0 Å².